The summed E-state index contributed by atoms with van der Waals surface area (Å²) in [7, 11) is 2.99. The summed E-state index contributed by atoms with van der Waals surface area (Å²) in [4.78, 5) is 29.3. The van der Waals surface area contributed by atoms with Crippen molar-refractivity contribution < 1.29 is 24.2 Å². The SMILES string of the molecule is CNC(=O)c1cc(C(=O)N[C@H]2[C@@H]3COC[C@@H]32)cc([C@@H](O)c2ccccc2OC)n1. The number of aliphatic hydroxyl groups excluding tert-OH is 1. The third-order valence-electron chi connectivity index (χ3n) is 5.53. The number of nitrogens with zero attached hydrogens (tertiary/aromatic N) is 1. The summed E-state index contributed by atoms with van der Waals surface area (Å²) in [6, 6.07) is 10.0. The number of methoxy groups -OCH3 is 1. The third kappa shape index (κ3) is 3.68. The summed E-state index contributed by atoms with van der Waals surface area (Å²) in [6.45, 7) is 1.32. The molecule has 2 aromatic rings. The fourth-order valence-corrected chi connectivity index (χ4v) is 3.81. The molecular weight excluding hydrogens is 374 g/mol. The molecule has 2 fully saturated rings. The predicted molar refractivity (Wildman–Crippen MR) is 104 cm³/mol. The largest absolute Gasteiger partial charge is 0.496 e. The third-order valence-corrected chi connectivity index (χ3v) is 5.53. The minimum Gasteiger partial charge on any atom is -0.496 e. The van der Waals surface area contributed by atoms with Crippen LogP contribution < -0.4 is 15.4 Å². The van der Waals surface area contributed by atoms with Gasteiger partial charge in [0.1, 0.15) is 17.5 Å². The first-order valence-electron chi connectivity index (χ1n) is 9.47. The first-order valence-corrected chi connectivity index (χ1v) is 9.47. The second kappa shape index (κ2) is 7.81. The Kier molecular flexibility index (Phi) is 5.21. The number of hydrogen-bond acceptors (Lipinski definition) is 6. The Morgan fingerprint density at radius 3 is 2.62 bits per heavy atom. The minimum absolute atomic E-state index is 0.0587. The monoisotopic (exact) mass is 397 g/mol. The van der Waals surface area contributed by atoms with Gasteiger partial charge in [-0.3, -0.25) is 9.59 Å². The first-order chi connectivity index (χ1) is 14.0. The van der Waals surface area contributed by atoms with E-state index in [1.807, 2.05) is 0 Å². The Morgan fingerprint density at radius 2 is 1.93 bits per heavy atom. The summed E-state index contributed by atoms with van der Waals surface area (Å²) in [5, 5.41) is 16.4. The number of hydrogen-bond donors (Lipinski definition) is 3. The van der Waals surface area contributed by atoms with E-state index in [4.69, 9.17) is 9.47 Å². The van der Waals surface area contributed by atoms with E-state index in [0.29, 0.717) is 36.4 Å². The van der Waals surface area contributed by atoms with Gasteiger partial charge in [-0.05, 0) is 18.2 Å². The van der Waals surface area contributed by atoms with Crippen molar-refractivity contribution in [3.8, 4) is 5.75 Å². The molecule has 3 N–H and O–H groups in total. The molecule has 152 valence electrons. The first kappa shape index (κ1) is 19.4. The highest BCUT2D eigenvalue weighted by Crippen LogP contribution is 2.44. The van der Waals surface area contributed by atoms with Gasteiger partial charge in [0.2, 0.25) is 0 Å². The summed E-state index contributed by atoms with van der Waals surface area (Å²) in [6.07, 6.45) is -1.16. The smallest absolute Gasteiger partial charge is 0.269 e. The average Bonchev–Trinajstić information content (AvgIpc) is 3.17. The zero-order valence-corrected chi connectivity index (χ0v) is 16.2. The fourth-order valence-electron chi connectivity index (χ4n) is 3.81. The number of benzene rings is 1. The molecule has 2 aliphatic rings. The van der Waals surface area contributed by atoms with Gasteiger partial charge in [0, 0.05) is 36.1 Å². The molecule has 4 rings (SSSR count). The number of aromatic nitrogens is 1. The topological polar surface area (TPSA) is 110 Å². The van der Waals surface area contributed by atoms with Gasteiger partial charge in [-0.2, -0.15) is 0 Å². The molecule has 0 radical (unpaired) electrons. The lowest BCUT2D eigenvalue weighted by Crippen LogP contribution is -2.31. The molecule has 1 aliphatic carbocycles. The standard InChI is InChI=1S/C21H23N3O5/c1-22-21(27)16-8-11(20(26)24-18-13-9-29-10-14(13)18)7-15(23-16)19(25)12-5-3-4-6-17(12)28-2/h3-8,13-14,18-19,25H,9-10H2,1-2H3,(H,22,27)(H,24,26)/t13-,14+,18+,19-/m0/s1. The van der Waals surface area contributed by atoms with Gasteiger partial charge in [0.05, 0.1) is 26.0 Å². The molecule has 1 saturated heterocycles. The number of carbonyl (C=O) groups is 2. The van der Waals surface area contributed by atoms with Gasteiger partial charge < -0.3 is 25.2 Å². The van der Waals surface area contributed by atoms with E-state index in [-0.39, 0.29) is 28.9 Å². The highest BCUT2D eigenvalue weighted by Gasteiger charge is 2.54. The zero-order chi connectivity index (χ0) is 20.5. The van der Waals surface area contributed by atoms with Crippen LogP contribution in [0.2, 0.25) is 0 Å². The van der Waals surface area contributed by atoms with E-state index in [0.717, 1.165) is 0 Å². The van der Waals surface area contributed by atoms with Gasteiger partial charge in [0.15, 0.2) is 0 Å². The van der Waals surface area contributed by atoms with Crippen molar-refractivity contribution in [1.82, 2.24) is 15.6 Å². The number of carbonyl (C=O) groups excluding carboxylic acids is 2. The van der Waals surface area contributed by atoms with Crippen LogP contribution in [0.5, 0.6) is 5.75 Å². The number of aliphatic hydroxyl groups is 1. The van der Waals surface area contributed by atoms with Crippen molar-refractivity contribution in [2.45, 2.75) is 12.1 Å². The Hall–Kier alpha value is -2.97. The van der Waals surface area contributed by atoms with Gasteiger partial charge in [-0.1, -0.05) is 18.2 Å². The second-order valence-corrected chi connectivity index (χ2v) is 7.25. The van der Waals surface area contributed by atoms with Crippen molar-refractivity contribution in [2.75, 3.05) is 27.4 Å². The predicted octanol–water partition coefficient (Wildman–Crippen LogP) is 0.906. The van der Waals surface area contributed by atoms with Crippen molar-refractivity contribution in [1.29, 1.82) is 0 Å². The van der Waals surface area contributed by atoms with E-state index in [1.54, 1.807) is 24.3 Å². The maximum atomic E-state index is 12.8. The second-order valence-electron chi connectivity index (χ2n) is 7.25. The normalized spacial score (nSPS) is 23.1. The van der Waals surface area contributed by atoms with E-state index < -0.39 is 12.0 Å². The number of ether oxygens (including phenoxy) is 2. The lowest BCUT2D eigenvalue weighted by molar-refractivity contribution is 0.0928. The minimum atomic E-state index is -1.16. The highest BCUT2D eigenvalue weighted by molar-refractivity contribution is 5.99. The van der Waals surface area contributed by atoms with Gasteiger partial charge in [0.25, 0.3) is 11.8 Å². The highest BCUT2D eigenvalue weighted by atomic mass is 16.5. The molecule has 4 atom stereocenters. The number of pyridine rings is 1. The molecule has 1 aromatic carbocycles. The molecule has 1 saturated carbocycles. The van der Waals surface area contributed by atoms with Crippen molar-refractivity contribution in [2.24, 2.45) is 11.8 Å². The molecule has 1 aliphatic heterocycles. The lowest BCUT2D eigenvalue weighted by Gasteiger charge is -2.16. The van der Waals surface area contributed by atoms with Gasteiger partial charge in [-0.25, -0.2) is 4.98 Å². The summed E-state index contributed by atoms with van der Waals surface area (Å²) < 4.78 is 10.7. The van der Waals surface area contributed by atoms with E-state index >= 15 is 0 Å². The number of para-hydroxylation sites is 1. The molecule has 8 nitrogen and oxygen atoms in total. The Labute approximate surface area is 168 Å². The van der Waals surface area contributed by atoms with Crippen LogP contribution in [0.15, 0.2) is 36.4 Å². The van der Waals surface area contributed by atoms with Crippen LogP contribution in [0.1, 0.15) is 38.2 Å². The van der Waals surface area contributed by atoms with Crippen LogP contribution in [0, 0.1) is 11.8 Å². The number of fused-ring (bicyclic) bond motifs is 1. The lowest BCUT2D eigenvalue weighted by atomic mass is 10.0. The quantitative estimate of drug-likeness (QED) is 0.668. The van der Waals surface area contributed by atoms with Crippen LogP contribution in [-0.2, 0) is 4.74 Å². The molecule has 1 aromatic heterocycles. The Bertz CT molecular complexity index is 938. The molecular formula is C21H23N3O5. The van der Waals surface area contributed by atoms with Crippen LogP contribution in [-0.4, -0.2) is 55.3 Å². The molecule has 29 heavy (non-hydrogen) atoms. The maximum absolute atomic E-state index is 12.8. The van der Waals surface area contributed by atoms with Crippen LogP contribution in [0.25, 0.3) is 0 Å². The van der Waals surface area contributed by atoms with Crippen molar-refractivity contribution in [3.05, 3.63) is 58.9 Å². The van der Waals surface area contributed by atoms with Gasteiger partial charge >= 0.3 is 0 Å². The molecule has 0 spiro atoms. The molecule has 2 amide bonds. The van der Waals surface area contributed by atoms with Crippen molar-refractivity contribution in [3.63, 3.8) is 0 Å². The fraction of sp³-hybridized carbons (Fsp3) is 0.381. The van der Waals surface area contributed by atoms with Crippen LogP contribution >= 0.6 is 0 Å². The number of nitrogens with one attached hydrogen (secondary N) is 2. The summed E-state index contributed by atoms with van der Waals surface area (Å²) in [5.74, 6) is 0.467. The van der Waals surface area contributed by atoms with E-state index in [1.165, 1.54) is 26.3 Å². The van der Waals surface area contributed by atoms with Crippen LogP contribution in [0.3, 0.4) is 0 Å². The number of amides is 2. The summed E-state index contributed by atoms with van der Waals surface area (Å²) >= 11 is 0. The molecule has 8 heteroatoms. The van der Waals surface area contributed by atoms with Gasteiger partial charge in [-0.15, -0.1) is 0 Å². The summed E-state index contributed by atoms with van der Waals surface area (Å²) in [5.41, 5.74) is 1.02. The Balaban J connectivity index is 1.65. The maximum Gasteiger partial charge on any atom is 0.269 e. The molecule has 2 heterocycles. The molecule has 0 unspecified atom stereocenters. The van der Waals surface area contributed by atoms with E-state index in [9.17, 15) is 14.7 Å². The Morgan fingerprint density at radius 1 is 1.21 bits per heavy atom. The average molecular weight is 397 g/mol. The van der Waals surface area contributed by atoms with Crippen molar-refractivity contribution >= 4 is 11.8 Å². The zero-order valence-electron chi connectivity index (χ0n) is 16.2. The van der Waals surface area contributed by atoms with E-state index in [2.05, 4.69) is 15.6 Å². The number of rotatable bonds is 6. The van der Waals surface area contributed by atoms with Crippen LogP contribution in [0.4, 0.5) is 0 Å². The molecule has 0 bridgehead atoms.